The summed E-state index contributed by atoms with van der Waals surface area (Å²) in [4.78, 5) is 15.0. The first kappa shape index (κ1) is 15.5. The highest BCUT2D eigenvalue weighted by Gasteiger charge is 2.17. The third-order valence-electron chi connectivity index (χ3n) is 3.40. The van der Waals surface area contributed by atoms with E-state index in [9.17, 15) is 9.90 Å². The molecule has 21 heavy (non-hydrogen) atoms. The first-order valence-corrected chi connectivity index (χ1v) is 7.04. The summed E-state index contributed by atoms with van der Waals surface area (Å²) in [7, 11) is 0. The van der Waals surface area contributed by atoms with Crippen molar-refractivity contribution in [1.29, 1.82) is 0 Å². The maximum absolute atomic E-state index is 10.8. The lowest BCUT2D eigenvalue weighted by Crippen LogP contribution is -2.15. The molecule has 1 aromatic heterocycles. The maximum Gasteiger partial charge on any atom is 0.306 e. The molecule has 0 saturated carbocycles. The normalized spacial score (nSPS) is 13.9. The number of hydrogen-bond donors (Lipinski definition) is 2. The summed E-state index contributed by atoms with van der Waals surface area (Å²) in [6.45, 7) is 2.15. The molecule has 6 heteroatoms. The highest BCUT2D eigenvalue weighted by Crippen LogP contribution is 2.22. The molecule has 0 fully saturated rings. The third-order valence-corrected chi connectivity index (χ3v) is 3.65. The topological polar surface area (TPSA) is 75.3 Å². The monoisotopic (exact) mass is 308 g/mol. The van der Waals surface area contributed by atoms with E-state index in [1.54, 1.807) is 48.1 Å². The van der Waals surface area contributed by atoms with E-state index in [1.807, 2.05) is 0 Å². The van der Waals surface area contributed by atoms with Gasteiger partial charge in [-0.25, -0.2) is 4.98 Å². The Bertz CT molecular complexity index is 610. The molecule has 0 spiro atoms. The Morgan fingerprint density at radius 1 is 1.38 bits per heavy atom. The van der Waals surface area contributed by atoms with Crippen LogP contribution in [0.15, 0.2) is 36.7 Å². The van der Waals surface area contributed by atoms with E-state index in [-0.39, 0.29) is 0 Å². The quantitative estimate of drug-likeness (QED) is 0.860. The zero-order chi connectivity index (χ0) is 15.4. The van der Waals surface area contributed by atoms with Gasteiger partial charge in [0.25, 0.3) is 0 Å². The van der Waals surface area contributed by atoms with Gasteiger partial charge in [-0.2, -0.15) is 0 Å². The summed E-state index contributed by atoms with van der Waals surface area (Å²) >= 11 is 5.83. The van der Waals surface area contributed by atoms with Crippen LogP contribution in [-0.4, -0.2) is 25.7 Å². The Kier molecular flexibility index (Phi) is 4.98. The van der Waals surface area contributed by atoms with Crippen molar-refractivity contribution in [3.05, 3.63) is 53.1 Å². The summed E-state index contributed by atoms with van der Waals surface area (Å²) in [5.41, 5.74) is 0.693. The molecule has 0 radical (unpaired) electrons. The lowest BCUT2D eigenvalue weighted by Gasteiger charge is -2.14. The van der Waals surface area contributed by atoms with Crippen molar-refractivity contribution in [2.75, 3.05) is 0 Å². The molecule has 0 saturated heterocycles. The highest BCUT2D eigenvalue weighted by atomic mass is 35.5. The smallest absolute Gasteiger partial charge is 0.306 e. The van der Waals surface area contributed by atoms with Gasteiger partial charge in [0.1, 0.15) is 11.9 Å². The van der Waals surface area contributed by atoms with Gasteiger partial charge in [-0.3, -0.25) is 4.79 Å². The largest absolute Gasteiger partial charge is 0.481 e. The van der Waals surface area contributed by atoms with Crippen LogP contribution in [0.2, 0.25) is 5.02 Å². The molecule has 2 unspecified atom stereocenters. The van der Waals surface area contributed by atoms with Crippen molar-refractivity contribution in [3.8, 4) is 0 Å². The molecular weight excluding hydrogens is 292 g/mol. The number of aliphatic hydroxyl groups excluding tert-OH is 1. The molecule has 5 nitrogen and oxygen atoms in total. The molecule has 0 aliphatic heterocycles. The van der Waals surface area contributed by atoms with E-state index >= 15 is 0 Å². The number of carbonyl (C=O) groups is 1. The number of rotatable bonds is 6. The minimum Gasteiger partial charge on any atom is -0.481 e. The molecule has 1 heterocycles. The second-order valence-corrected chi connectivity index (χ2v) is 5.40. The summed E-state index contributed by atoms with van der Waals surface area (Å²) in [5, 5.41) is 19.9. The van der Waals surface area contributed by atoms with Crippen molar-refractivity contribution in [1.82, 2.24) is 9.55 Å². The lowest BCUT2D eigenvalue weighted by molar-refractivity contribution is -0.141. The number of imidazole rings is 1. The van der Waals surface area contributed by atoms with Gasteiger partial charge < -0.3 is 14.8 Å². The Labute approximate surface area is 127 Å². The first-order valence-electron chi connectivity index (χ1n) is 6.66. The standard InChI is InChI=1S/C15H17ClN2O3/c1-10(15(20)21)6-8-18-9-7-17-14(18)13(19)11-2-4-12(16)5-3-11/h2-5,7,9-10,13,19H,6,8H2,1H3,(H,20,21). The van der Waals surface area contributed by atoms with Crippen LogP contribution in [0.1, 0.15) is 30.8 Å². The minimum absolute atomic E-state index is 0.437. The fraction of sp³-hybridized carbons (Fsp3) is 0.333. The van der Waals surface area contributed by atoms with Gasteiger partial charge in [-0.15, -0.1) is 0 Å². The molecule has 2 N–H and O–H groups in total. The zero-order valence-electron chi connectivity index (χ0n) is 11.6. The van der Waals surface area contributed by atoms with E-state index in [4.69, 9.17) is 16.7 Å². The summed E-state index contributed by atoms with van der Waals surface area (Å²) in [5.74, 6) is -0.766. The van der Waals surface area contributed by atoms with Gasteiger partial charge >= 0.3 is 5.97 Å². The van der Waals surface area contributed by atoms with Crippen LogP contribution >= 0.6 is 11.6 Å². The number of carboxylic acid groups (broad SMARTS) is 1. The van der Waals surface area contributed by atoms with Crippen molar-refractivity contribution < 1.29 is 15.0 Å². The lowest BCUT2D eigenvalue weighted by atomic mass is 10.1. The number of carboxylic acids is 1. The zero-order valence-corrected chi connectivity index (χ0v) is 12.4. The summed E-state index contributed by atoms with van der Waals surface area (Å²) < 4.78 is 1.78. The maximum atomic E-state index is 10.8. The predicted octanol–water partition coefficient (Wildman–Crippen LogP) is 2.73. The number of benzene rings is 1. The van der Waals surface area contributed by atoms with Crippen LogP contribution in [-0.2, 0) is 11.3 Å². The van der Waals surface area contributed by atoms with Crippen molar-refractivity contribution in [2.45, 2.75) is 26.0 Å². The van der Waals surface area contributed by atoms with Crippen LogP contribution in [0.5, 0.6) is 0 Å². The fourth-order valence-electron chi connectivity index (χ4n) is 2.01. The average molecular weight is 309 g/mol. The number of aliphatic hydroxyl groups is 1. The first-order chi connectivity index (χ1) is 9.99. The third kappa shape index (κ3) is 3.83. The van der Waals surface area contributed by atoms with Crippen LogP contribution in [0.25, 0.3) is 0 Å². The van der Waals surface area contributed by atoms with E-state index in [0.717, 1.165) is 0 Å². The second-order valence-electron chi connectivity index (χ2n) is 4.96. The van der Waals surface area contributed by atoms with Crippen molar-refractivity contribution in [3.63, 3.8) is 0 Å². The van der Waals surface area contributed by atoms with Crippen molar-refractivity contribution >= 4 is 17.6 Å². The molecule has 0 aliphatic rings. The average Bonchev–Trinajstić information content (AvgIpc) is 2.93. The Morgan fingerprint density at radius 2 is 2.05 bits per heavy atom. The number of aryl methyl sites for hydroxylation is 1. The molecule has 2 aromatic rings. The SMILES string of the molecule is CC(CCn1ccnc1C(O)c1ccc(Cl)cc1)C(=O)O. The minimum atomic E-state index is -0.864. The fourth-order valence-corrected chi connectivity index (χ4v) is 2.13. The van der Waals surface area contributed by atoms with E-state index < -0.39 is 18.0 Å². The molecule has 0 aliphatic carbocycles. The molecule has 0 amide bonds. The Hall–Kier alpha value is -1.85. The molecule has 1 aromatic carbocycles. The van der Waals surface area contributed by atoms with Crippen LogP contribution in [0, 0.1) is 5.92 Å². The summed E-state index contributed by atoms with van der Waals surface area (Å²) in [6, 6.07) is 6.90. The molecule has 2 rings (SSSR count). The number of aliphatic carboxylic acids is 1. The molecule has 112 valence electrons. The number of nitrogens with zero attached hydrogens (tertiary/aromatic N) is 2. The van der Waals surface area contributed by atoms with Gasteiger partial charge in [-0.05, 0) is 24.1 Å². The van der Waals surface area contributed by atoms with Gasteiger partial charge in [0.05, 0.1) is 5.92 Å². The Balaban J connectivity index is 2.12. The highest BCUT2D eigenvalue weighted by molar-refractivity contribution is 6.30. The van der Waals surface area contributed by atoms with Gasteiger partial charge in [0.15, 0.2) is 0 Å². The summed E-state index contributed by atoms with van der Waals surface area (Å²) in [6.07, 6.45) is 2.95. The molecule has 0 bridgehead atoms. The second kappa shape index (κ2) is 6.74. The van der Waals surface area contributed by atoms with Gasteiger partial charge in [0.2, 0.25) is 0 Å². The number of aromatic nitrogens is 2. The Morgan fingerprint density at radius 3 is 2.67 bits per heavy atom. The van der Waals surface area contributed by atoms with Crippen LogP contribution in [0.4, 0.5) is 0 Å². The number of hydrogen-bond acceptors (Lipinski definition) is 3. The molecule has 2 atom stereocenters. The molecular formula is C15H17ClN2O3. The van der Waals surface area contributed by atoms with Crippen LogP contribution < -0.4 is 0 Å². The van der Waals surface area contributed by atoms with Gasteiger partial charge in [-0.1, -0.05) is 30.7 Å². The van der Waals surface area contributed by atoms with E-state index in [1.165, 1.54) is 0 Å². The van der Waals surface area contributed by atoms with Crippen LogP contribution in [0.3, 0.4) is 0 Å². The van der Waals surface area contributed by atoms with E-state index in [0.29, 0.717) is 29.4 Å². The number of halogens is 1. The predicted molar refractivity (Wildman–Crippen MR) is 79.2 cm³/mol. The van der Waals surface area contributed by atoms with Gasteiger partial charge in [0, 0.05) is 24.0 Å². The van der Waals surface area contributed by atoms with Crippen molar-refractivity contribution in [2.24, 2.45) is 5.92 Å². The van der Waals surface area contributed by atoms with E-state index in [2.05, 4.69) is 4.98 Å².